The van der Waals surface area contributed by atoms with Gasteiger partial charge in [0.2, 0.25) is 11.8 Å². The number of aromatic nitrogens is 1. The number of β-amino-alcohol motifs (C(OH)–C–C–N with tert-alkyl or cyclic N) is 1. The van der Waals surface area contributed by atoms with Crippen LogP contribution in [-0.4, -0.2) is 57.9 Å². The summed E-state index contributed by atoms with van der Waals surface area (Å²) in [7, 11) is 0. The van der Waals surface area contributed by atoms with Crippen LogP contribution in [-0.2, 0) is 20.9 Å². The van der Waals surface area contributed by atoms with Gasteiger partial charge in [-0.1, -0.05) is 32.9 Å². The molecule has 0 spiro atoms. The highest BCUT2D eigenvalue weighted by molar-refractivity contribution is 7.13. The van der Waals surface area contributed by atoms with Gasteiger partial charge in [0.15, 0.2) is 5.78 Å². The molecule has 0 saturated carbocycles. The number of nitrogens with one attached hydrogen (secondary N) is 1. The maximum Gasteiger partial charge on any atom is 0.243 e. The summed E-state index contributed by atoms with van der Waals surface area (Å²) in [4.78, 5) is 44.0. The van der Waals surface area contributed by atoms with Crippen LogP contribution in [0.15, 0.2) is 23.7 Å². The smallest absolute Gasteiger partial charge is 0.243 e. The number of ether oxygens (including phenoxy) is 1. The van der Waals surface area contributed by atoms with Gasteiger partial charge in [-0.05, 0) is 30.9 Å². The Morgan fingerprint density at radius 3 is 2.65 bits per heavy atom. The third-order valence-corrected chi connectivity index (χ3v) is 6.52. The van der Waals surface area contributed by atoms with E-state index in [2.05, 4.69) is 10.3 Å². The quantitative estimate of drug-likeness (QED) is 0.592. The first-order chi connectivity index (χ1) is 15.9. The minimum Gasteiger partial charge on any atom is -0.485 e. The lowest BCUT2D eigenvalue weighted by Gasteiger charge is -2.27. The predicted molar refractivity (Wildman–Crippen MR) is 131 cm³/mol. The molecule has 1 aromatic heterocycles. The Bertz CT molecular complexity index is 1060. The second kappa shape index (κ2) is 10.7. The minimum absolute atomic E-state index is 0.0734. The van der Waals surface area contributed by atoms with Crippen molar-refractivity contribution in [3.63, 3.8) is 0 Å². The number of benzene rings is 1. The molecule has 2 amide bonds. The summed E-state index contributed by atoms with van der Waals surface area (Å²) in [6, 6.07) is 4.92. The molecule has 184 valence electrons. The number of carbonyl (C=O) groups is 3. The van der Waals surface area contributed by atoms with E-state index in [9.17, 15) is 19.5 Å². The highest BCUT2D eigenvalue weighted by Gasteiger charge is 2.39. The topological polar surface area (TPSA) is 109 Å². The molecule has 2 aromatic rings. The Morgan fingerprint density at radius 1 is 1.29 bits per heavy atom. The molecule has 0 bridgehead atoms. The van der Waals surface area contributed by atoms with E-state index in [0.29, 0.717) is 17.7 Å². The number of ketones is 1. The Morgan fingerprint density at radius 2 is 2.03 bits per heavy atom. The second-order valence-corrected chi connectivity index (χ2v) is 10.8. The Labute approximate surface area is 204 Å². The SMILES string of the molecule is CC(=O)COc1cc(-c2scnc2C)ccc1CNC(=O)[C@@H]1C[C@@H](O)CN1C(=O)CC(C)(C)C. The maximum atomic E-state index is 13.0. The summed E-state index contributed by atoms with van der Waals surface area (Å²) >= 11 is 1.52. The minimum atomic E-state index is -0.726. The number of aliphatic hydroxyl groups excluding tert-OH is 1. The van der Waals surface area contributed by atoms with Gasteiger partial charge in [0.05, 0.1) is 22.2 Å². The molecular formula is C25H33N3O5S. The molecule has 2 heterocycles. The molecule has 1 fully saturated rings. The van der Waals surface area contributed by atoms with E-state index < -0.39 is 12.1 Å². The van der Waals surface area contributed by atoms with Gasteiger partial charge < -0.3 is 20.1 Å². The van der Waals surface area contributed by atoms with Crippen molar-refractivity contribution in [1.29, 1.82) is 0 Å². The van der Waals surface area contributed by atoms with Crippen molar-refractivity contribution in [1.82, 2.24) is 15.2 Å². The summed E-state index contributed by atoms with van der Waals surface area (Å²) in [6.45, 7) is 9.53. The number of amides is 2. The summed E-state index contributed by atoms with van der Waals surface area (Å²) in [6.07, 6.45) is -0.222. The van der Waals surface area contributed by atoms with E-state index >= 15 is 0 Å². The lowest BCUT2D eigenvalue weighted by atomic mass is 9.91. The molecule has 1 aliphatic heterocycles. The van der Waals surface area contributed by atoms with Crippen molar-refractivity contribution in [2.45, 2.75) is 66.2 Å². The lowest BCUT2D eigenvalue weighted by molar-refractivity contribution is -0.140. The van der Waals surface area contributed by atoms with Crippen LogP contribution < -0.4 is 10.1 Å². The molecule has 3 rings (SSSR count). The molecule has 2 atom stereocenters. The van der Waals surface area contributed by atoms with Crippen molar-refractivity contribution in [3.05, 3.63) is 35.0 Å². The number of aryl methyl sites for hydroxylation is 1. The largest absolute Gasteiger partial charge is 0.485 e. The van der Waals surface area contributed by atoms with Crippen LogP contribution in [0.25, 0.3) is 10.4 Å². The zero-order valence-electron chi connectivity index (χ0n) is 20.4. The molecule has 0 radical (unpaired) electrons. The van der Waals surface area contributed by atoms with Gasteiger partial charge in [0, 0.05) is 31.5 Å². The molecule has 1 saturated heterocycles. The van der Waals surface area contributed by atoms with E-state index in [1.165, 1.54) is 23.2 Å². The third kappa shape index (κ3) is 6.64. The van der Waals surface area contributed by atoms with E-state index in [0.717, 1.165) is 16.1 Å². The molecule has 1 aliphatic rings. The zero-order chi connectivity index (χ0) is 25.0. The average molecular weight is 488 g/mol. The van der Waals surface area contributed by atoms with E-state index in [1.807, 2.05) is 45.9 Å². The van der Waals surface area contributed by atoms with Gasteiger partial charge in [-0.2, -0.15) is 0 Å². The Hall–Kier alpha value is -2.78. The number of hydrogen-bond donors (Lipinski definition) is 2. The fourth-order valence-electron chi connectivity index (χ4n) is 3.93. The number of rotatable bonds is 8. The second-order valence-electron chi connectivity index (χ2n) is 9.99. The van der Waals surface area contributed by atoms with Crippen molar-refractivity contribution in [2.24, 2.45) is 5.41 Å². The number of nitrogens with zero attached hydrogens (tertiary/aromatic N) is 2. The van der Waals surface area contributed by atoms with Crippen LogP contribution >= 0.6 is 11.3 Å². The van der Waals surface area contributed by atoms with E-state index in [-0.39, 0.29) is 49.1 Å². The monoisotopic (exact) mass is 487 g/mol. The molecular weight excluding hydrogens is 454 g/mol. The van der Waals surface area contributed by atoms with Crippen molar-refractivity contribution < 1.29 is 24.2 Å². The van der Waals surface area contributed by atoms with E-state index in [1.54, 1.807) is 5.51 Å². The van der Waals surface area contributed by atoms with Crippen LogP contribution in [0.3, 0.4) is 0 Å². The highest BCUT2D eigenvalue weighted by atomic mass is 32.1. The summed E-state index contributed by atoms with van der Waals surface area (Å²) in [5, 5.41) is 13.0. The number of thiazole rings is 1. The Kier molecular flexibility index (Phi) is 8.09. The highest BCUT2D eigenvalue weighted by Crippen LogP contribution is 2.32. The molecule has 8 nitrogen and oxygen atoms in total. The average Bonchev–Trinajstić information content (AvgIpc) is 3.35. The van der Waals surface area contributed by atoms with Gasteiger partial charge in [-0.3, -0.25) is 14.4 Å². The standard InChI is InChI=1S/C25H33N3O5S/c1-15(29)13-33-21-8-17(23-16(2)27-14-34-23)6-7-18(21)11-26-24(32)20-9-19(30)12-28(20)22(31)10-25(3,4)5/h6-8,14,19-20,30H,9-13H2,1-5H3,(H,26,32)/t19-,20+/m1/s1. The third-order valence-electron chi connectivity index (χ3n) is 5.54. The number of aliphatic hydroxyl groups is 1. The van der Waals surface area contributed by atoms with Crippen LogP contribution in [0, 0.1) is 12.3 Å². The van der Waals surface area contributed by atoms with Gasteiger partial charge in [0.1, 0.15) is 18.4 Å². The number of hydrogen-bond acceptors (Lipinski definition) is 7. The number of carbonyl (C=O) groups excluding carboxylic acids is 3. The summed E-state index contributed by atoms with van der Waals surface area (Å²) in [5.74, 6) is -0.0621. The predicted octanol–water partition coefficient (Wildman–Crippen LogP) is 3.10. The van der Waals surface area contributed by atoms with E-state index in [4.69, 9.17) is 4.74 Å². The van der Waals surface area contributed by atoms with Gasteiger partial charge in [0.25, 0.3) is 0 Å². The van der Waals surface area contributed by atoms with Crippen molar-refractivity contribution in [2.75, 3.05) is 13.2 Å². The van der Waals surface area contributed by atoms with Crippen LogP contribution in [0.4, 0.5) is 0 Å². The van der Waals surface area contributed by atoms with Crippen LogP contribution in [0.1, 0.15) is 51.8 Å². The molecule has 2 N–H and O–H groups in total. The molecule has 0 unspecified atom stereocenters. The number of Topliss-reactive ketones (excluding diaryl/α,β-unsaturated/α-hetero) is 1. The Balaban J connectivity index is 1.75. The molecule has 34 heavy (non-hydrogen) atoms. The fourth-order valence-corrected chi connectivity index (χ4v) is 4.73. The van der Waals surface area contributed by atoms with Crippen LogP contribution in [0.2, 0.25) is 0 Å². The first-order valence-electron chi connectivity index (χ1n) is 11.4. The zero-order valence-corrected chi connectivity index (χ0v) is 21.2. The van der Waals surface area contributed by atoms with Crippen molar-refractivity contribution in [3.8, 4) is 16.2 Å². The molecule has 1 aromatic carbocycles. The first-order valence-corrected chi connectivity index (χ1v) is 12.2. The summed E-state index contributed by atoms with van der Waals surface area (Å²) in [5.41, 5.74) is 4.10. The van der Waals surface area contributed by atoms with Gasteiger partial charge in [-0.25, -0.2) is 4.98 Å². The first kappa shape index (κ1) is 25.8. The van der Waals surface area contributed by atoms with Gasteiger partial charge >= 0.3 is 0 Å². The maximum absolute atomic E-state index is 13.0. The van der Waals surface area contributed by atoms with Crippen molar-refractivity contribution >= 4 is 28.9 Å². The van der Waals surface area contributed by atoms with Gasteiger partial charge in [-0.15, -0.1) is 11.3 Å². The fraction of sp³-hybridized carbons (Fsp3) is 0.520. The normalized spacial score (nSPS) is 18.1. The molecule has 9 heteroatoms. The summed E-state index contributed by atoms with van der Waals surface area (Å²) < 4.78 is 5.75. The number of likely N-dealkylation sites (tertiary alicyclic amines) is 1. The van der Waals surface area contributed by atoms with Crippen LogP contribution in [0.5, 0.6) is 5.75 Å². The molecule has 0 aliphatic carbocycles. The lowest BCUT2D eigenvalue weighted by Crippen LogP contribution is -2.46.